The van der Waals surface area contributed by atoms with Crippen molar-refractivity contribution in [1.29, 1.82) is 0 Å². The first-order valence-electron chi connectivity index (χ1n) is 6.28. The number of hydrogen-bond donors (Lipinski definition) is 2. The van der Waals surface area contributed by atoms with Gasteiger partial charge in [-0.25, -0.2) is 0 Å². The molecule has 1 aromatic rings. The van der Waals surface area contributed by atoms with Gasteiger partial charge in [0.2, 0.25) is 5.91 Å². The van der Waals surface area contributed by atoms with Crippen LogP contribution in [0.3, 0.4) is 0 Å². The van der Waals surface area contributed by atoms with E-state index in [0.717, 1.165) is 18.5 Å². The lowest BCUT2D eigenvalue weighted by molar-refractivity contribution is -0.128. The summed E-state index contributed by atoms with van der Waals surface area (Å²) in [4.78, 5) is 13.3. The number of carbonyl (C=O) groups is 1. The van der Waals surface area contributed by atoms with Crippen molar-refractivity contribution >= 4 is 5.91 Å². The average molecular weight is 250 g/mol. The molecule has 1 aromatic carbocycles. The Morgan fingerprint density at radius 2 is 2.00 bits per heavy atom. The second kappa shape index (κ2) is 7.01. The normalized spacial score (nSPS) is 12.2. The van der Waals surface area contributed by atoms with Crippen molar-refractivity contribution in [3.63, 3.8) is 0 Å². The molecule has 1 rings (SSSR count). The summed E-state index contributed by atoms with van der Waals surface area (Å²) in [6.45, 7) is 5.10. The fourth-order valence-corrected chi connectivity index (χ4v) is 1.63. The smallest absolute Gasteiger partial charge is 0.236 e. The second-order valence-electron chi connectivity index (χ2n) is 4.56. The summed E-state index contributed by atoms with van der Waals surface area (Å²) in [7, 11) is 1.80. The maximum atomic E-state index is 11.6. The summed E-state index contributed by atoms with van der Waals surface area (Å²) in [5, 5.41) is 12.4. The Morgan fingerprint density at radius 1 is 1.39 bits per heavy atom. The quantitative estimate of drug-likeness (QED) is 0.802. The molecule has 0 aliphatic heterocycles. The monoisotopic (exact) mass is 250 g/mol. The molecule has 1 atom stereocenters. The van der Waals surface area contributed by atoms with Crippen molar-refractivity contribution in [2.75, 3.05) is 20.1 Å². The van der Waals surface area contributed by atoms with Crippen LogP contribution in [0.2, 0.25) is 0 Å². The molecule has 0 radical (unpaired) electrons. The molecule has 4 heteroatoms. The lowest BCUT2D eigenvalue weighted by atomic mass is 10.1. The summed E-state index contributed by atoms with van der Waals surface area (Å²) < 4.78 is 0. The molecule has 0 aliphatic carbocycles. The van der Waals surface area contributed by atoms with E-state index in [2.05, 4.69) is 5.32 Å². The predicted octanol–water partition coefficient (Wildman–Crippen LogP) is 1.39. The first kappa shape index (κ1) is 14.5. The predicted molar refractivity (Wildman–Crippen MR) is 72.6 cm³/mol. The van der Waals surface area contributed by atoms with Crippen LogP contribution in [0, 0.1) is 0 Å². The van der Waals surface area contributed by atoms with Gasteiger partial charge in [0.05, 0.1) is 6.54 Å². The third-order valence-corrected chi connectivity index (χ3v) is 2.98. The van der Waals surface area contributed by atoms with E-state index < -0.39 is 0 Å². The highest BCUT2D eigenvalue weighted by molar-refractivity contribution is 5.77. The zero-order chi connectivity index (χ0) is 13.5. The number of amides is 1. The van der Waals surface area contributed by atoms with Crippen LogP contribution in [-0.2, 0) is 11.2 Å². The summed E-state index contributed by atoms with van der Waals surface area (Å²) >= 11 is 0. The van der Waals surface area contributed by atoms with E-state index in [9.17, 15) is 9.90 Å². The van der Waals surface area contributed by atoms with Gasteiger partial charge in [-0.05, 0) is 38.0 Å². The van der Waals surface area contributed by atoms with Crippen molar-refractivity contribution in [1.82, 2.24) is 10.2 Å². The molecule has 0 fully saturated rings. The van der Waals surface area contributed by atoms with E-state index in [4.69, 9.17) is 0 Å². The molecule has 0 spiro atoms. The van der Waals surface area contributed by atoms with E-state index in [0.29, 0.717) is 6.54 Å². The van der Waals surface area contributed by atoms with Crippen molar-refractivity contribution in [3.8, 4) is 5.75 Å². The van der Waals surface area contributed by atoms with Gasteiger partial charge in [0.1, 0.15) is 5.75 Å². The molecule has 0 aliphatic rings. The van der Waals surface area contributed by atoms with E-state index in [-0.39, 0.29) is 17.7 Å². The molecule has 0 saturated heterocycles. The number of nitrogens with zero attached hydrogens (tertiary/aromatic N) is 1. The van der Waals surface area contributed by atoms with Crippen molar-refractivity contribution < 1.29 is 9.90 Å². The Kier molecular flexibility index (Phi) is 5.65. The van der Waals surface area contributed by atoms with Crippen LogP contribution < -0.4 is 5.32 Å². The van der Waals surface area contributed by atoms with E-state index in [1.165, 1.54) is 0 Å². The Bertz CT molecular complexity index is 376. The summed E-state index contributed by atoms with van der Waals surface area (Å²) in [5.41, 5.74) is 1.14. The van der Waals surface area contributed by atoms with Gasteiger partial charge < -0.3 is 15.3 Å². The van der Waals surface area contributed by atoms with Crippen LogP contribution in [0.4, 0.5) is 0 Å². The highest BCUT2D eigenvalue weighted by Crippen LogP contribution is 2.11. The fourth-order valence-electron chi connectivity index (χ4n) is 1.63. The van der Waals surface area contributed by atoms with Crippen LogP contribution in [0.1, 0.15) is 19.4 Å². The molecule has 18 heavy (non-hydrogen) atoms. The van der Waals surface area contributed by atoms with Crippen LogP contribution in [0.5, 0.6) is 5.75 Å². The largest absolute Gasteiger partial charge is 0.508 e. The van der Waals surface area contributed by atoms with E-state index in [1.807, 2.05) is 26.0 Å². The number of phenolic OH excluding ortho intramolecular Hbond substituents is 1. The van der Waals surface area contributed by atoms with Gasteiger partial charge in [-0.2, -0.15) is 0 Å². The van der Waals surface area contributed by atoms with Gasteiger partial charge in [-0.3, -0.25) is 4.79 Å². The first-order chi connectivity index (χ1) is 8.52. The fraction of sp³-hybridized carbons (Fsp3) is 0.500. The number of likely N-dealkylation sites (N-methyl/N-ethyl adjacent to an activating group) is 1. The Hall–Kier alpha value is -1.55. The SMILES string of the molecule is CCN(C)C(=O)CNC(C)Cc1ccc(O)cc1. The average Bonchev–Trinajstić information content (AvgIpc) is 2.37. The number of nitrogens with one attached hydrogen (secondary N) is 1. The zero-order valence-electron chi connectivity index (χ0n) is 11.3. The molecule has 4 nitrogen and oxygen atoms in total. The first-order valence-corrected chi connectivity index (χ1v) is 6.28. The molecule has 0 heterocycles. The molecule has 0 saturated carbocycles. The van der Waals surface area contributed by atoms with E-state index >= 15 is 0 Å². The standard InChI is InChI=1S/C14H22N2O2/c1-4-16(3)14(18)10-15-11(2)9-12-5-7-13(17)8-6-12/h5-8,11,15,17H,4,9-10H2,1-3H3. The molecule has 2 N–H and O–H groups in total. The minimum absolute atomic E-state index is 0.107. The van der Waals surface area contributed by atoms with Crippen LogP contribution in [-0.4, -0.2) is 42.1 Å². The lowest BCUT2D eigenvalue weighted by Gasteiger charge is -2.18. The number of hydrogen-bond acceptors (Lipinski definition) is 3. The Morgan fingerprint density at radius 3 is 2.56 bits per heavy atom. The van der Waals surface area contributed by atoms with Gasteiger partial charge in [0.25, 0.3) is 0 Å². The van der Waals surface area contributed by atoms with Gasteiger partial charge in [-0.1, -0.05) is 12.1 Å². The van der Waals surface area contributed by atoms with E-state index in [1.54, 1.807) is 24.1 Å². The summed E-state index contributed by atoms with van der Waals surface area (Å²) in [6.07, 6.45) is 0.837. The van der Waals surface area contributed by atoms with Crippen molar-refractivity contribution in [2.24, 2.45) is 0 Å². The van der Waals surface area contributed by atoms with Crippen molar-refractivity contribution in [3.05, 3.63) is 29.8 Å². The Balaban J connectivity index is 2.35. The van der Waals surface area contributed by atoms with Crippen LogP contribution in [0.15, 0.2) is 24.3 Å². The molecule has 0 aromatic heterocycles. The highest BCUT2D eigenvalue weighted by Gasteiger charge is 2.09. The topological polar surface area (TPSA) is 52.6 Å². The molecule has 100 valence electrons. The summed E-state index contributed by atoms with van der Waals surface area (Å²) in [6, 6.07) is 7.38. The molecule has 0 bridgehead atoms. The highest BCUT2D eigenvalue weighted by atomic mass is 16.3. The minimum atomic E-state index is 0.107. The van der Waals surface area contributed by atoms with Gasteiger partial charge in [0, 0.05) is 19.6 Å². The van der Waals surface area contributed by atoms with Crippen LogP contribution >= 0.6 is 0 Å². The molecular weight excluding hydrogens is 228 g/mol. The van der Waals surface area contributed by atoms with Crippen molar-refractivity contribution in [2.45, 2.75) is 26.3 Å². The number of benzene rings is 1. The van der Waals surface area contributed by atoms with Gasteiger partial charge in [-0.15, -0.1) is 0 Å². The number of carbonyl (C=O) groups excluding carboxylic acids is 1. The third kappa shape index (κ3) is 4.75. The zero-order valence-corrected chi connectivity index (χ0v) is 11.3. The van der Waals surface area contributed by atoms with Gasteiger partial charge >= 0.3 is 0 Å². The molecule has 1 unspecified atom stereocenters. The van der Waals surface area contributed by atoms with Crippen LogP contribution in [0.25, 0.3) is 0 Å². The van der Waals surface area contributed by atoms with Gasteiger partial charge in [0.15, 0.2) is 0 Å². The Labute approximate surface area is 109 Å². The lowest BCUT2D eigenvalue weighted by Crippen LogP contribution is -2.39. The maximum absolute atomic E-state index is 11.6. The number of aromatic hydroxyl groups is 1. The second-order valence-corrected chi connectivity index (χ2v) is 4.56. The minimum Gasteiger partial charge on any atom is -0.508 e. The third-order valence-electron chi connectivity index (χ3n) is 2.98. The molecular formula is C14H22N2O2. The summed E-state index contributed by atoms with van der Waals surface area (Å²) in [5.74, 6) is 0.383. The number of phenols is 1. The number of rotatable bonds is 6. The molecule has 1 amide bonds. The maximum Gasteiger partial charge on any atom is 0.236 e.